The van der Waals surface area contributed by atoms with Crippen molar-refractivity contribution in [3.05, 3.63) is 0 Å². The lowest BCUT2D eigenvalue weighted by molar-refractivity contribution is 0.142. The standard InChI is InChI=1S/C11H23NO/c1-3-13-10-6-9-12-11(2)7-4-5-8-11/h12H,3-10H2,1-2H3. The van der Waals surface area contributed by atoms with Crippen molar-refractivity contribution in [3.63, 3.8) is 0 Å². The van der Waals surface area contributed by atoms with E-state index in [2.05, 4.69) is 12.2 Å². The van der Waals surface area contributed by atoms with Gasteiger partial charge < -0.3 is 10.1 Å². The molecular weight excluding hydrogens is 162 g/mol. The summed E-state index contributed by atoms with van der Waals surface area (Å²) in [5.41, 5.74) is 0.437. The molecule has 0 amide bonds. The van der Waals surface area contributed by atoms with Gasteiger partial charge >= 0.3 is 0 Å². The lowest BCUT2D eigenvalue weighted by Crippen LogP contribution is -2.40. The minimum atomic E-state index is 0.437. The van der Waals surface area contributed by atoms with Crippen LogP contribution in [-0.2, 0) is 4.74 Å². The molecule has 0 aliphatic heterocycles. The lowest BCUT2D eigenvalue weighted by Gasteiger charge is -2.25. The summed E-state index contributed by atoms with van der Waals surface area (Å²) in [5.74, 6) is 0. The van der Waals surface area contributed by atoms with E-state index in [1.807, 2.05) is 6.92 Å². The Kier molecular flexibility index (Phi) is 4.74. The molecule has 13 heavy (non-hydrogen) atoms. The first kappa shape index (κ1) is 11.0. The van der Waals surface area contributed by atoms with Gasteiger partial charge in [-0.15, -0.1) is 0 Å². The quantitative estimate of drug-likeness (QED) is 0.641. The van der Waals surface area contributed by atoms with Crippen LogP contribution in [0.3, 0.4) is 0 Å². The smallest absolute Gasteiger partial charge is 0.0477 e. The zero-order valence-corrected chi connectivity index (χ0v) is 9.07. The van der Waals surface area contributed by atoms with E-state index in [0.717, 1.165) is 26.2 Å². The molecule has 1 rings (SSSR count). The van der Waals surface area contributed by atoms with Crippen LogP contribution >= 0.6 is 0 Å². The number of nitrogens with one attached hydrogen (secondary N) is 1. The third kappa shape index (κ3) is 4.10. The Morgan fingerprint density at radius 3 is 2.62 bits per heavy atom. The number of ether oxygens (including phenoxy) is 1. The molecule has 0 aromatic carbocycles. The maximum Gasteiger partial charge on any atom is 0.0477 e. The SMILES string of the molecule is CCOCCCNC1(C)CCCC1. The highest BCUT2D eigenvalue weighted by atomic mass is 16.5. The molecular formula is C11H23NO. The molecule has 1 saturated carbocycles. The van der Waals surface area contributed by atoms with Crippen LogP contribution in [0.4, 0.5) is 0 Å². The fourth-order valence-electron chi connectivity index (χ4n) is 2.04. The Morgan fingerprint density at radius 2 is 2.00 bits per heavy atom. The van der Waals surface area contributed by atoms with Crippen molar-refractivity contribution in [2.45, 2.75) is 51.5 Å². The minimum Gasteiger partial charge on any atom is -0.382 e. The molecule has 1 fully saturated rings. The van der Waals surface area contributed by atoms with E-state index in [1.54, 1.807) is 0 Å². The van der Waals surface area contributed by atoms with Crippen LogP contribution in [0.1, 0.15) is 46.0 Å². The fourth-order valence-corrected chi connectivity index (χ4v) is 2.04. The molecule has 1 aliphatic rings. The van der Waals surface area contributed by atoms with Crippen molar-refractivity contribution in [2.24, 2.45) is 0 Å². The second-order valence-corrected chi connectivity index (χ2v) is 4.25. The molecule has 2 nitrogen and oxygen atoms in total. The van der Waals surface area contributed by atoms with Crippen LogP contribution in [0.5, 0.6) is 0 Å². The van der Waals surface area contributed by atoms with E-state index in [9.17, 15) is 0 Å². The van der Waals surface area contributed by atoms with Crippen LogP contribution in [0.2, 0.25) is 0 Å². The zero-order valence-electron chi connectivity index (χ0n) is 9.07. The summed E-state index contributed by atoms with van der Waals surface area (Å²) in [6.07, 6.45) is 6.64. The third-order valence-corrected chi connectivity index (χ3v) is 2.93. The van der Waals surface area contributed by atoms with Crippen molar-refractivity contribution in [1.82, 2.24) is 5.32 Å². The minimum absolute atomic E-state index is 0.437. The Bertz CT molecular complexity index is 130. The molecule has 2 heteroatoms. The summed E-state index contributed by atoms with van der Waals surface area (Å²) in [4.78, 5) is 0. The maximum atomic E-state index is 5.29. The molecule has 0 aromatic rings. The molecule has 0 heterocycles. The lowest BCUT2D eigenvalue weighted by atomic mass is 10.0. The molecule has 1 aliphatic carbocycles. The first-order valence-electron chi connectivity index (χ1n) is 5.60. The van der Waals surface area contributed by atoms with Gasteiger partial charge in [0.2, 0.25) is 0 Å². The molecule has 1 N–H and O–H groups in total. The summed E-state index contributed by atoms with van der Waals surface area (Å²) in [7, 11) is 0. The van der Waals surface area contributed by atoms with Gasteiger partial charge in [-0.25, -0.2) is 0 Å². The van der Waals surface area contributed by atoms with Crippen molar-refractivity contribution in [1.29, 1.82) is 0 Å². The van der Waals surface area contributed by atoms with Crippen molar-refractivity contribution < 1.29 is 4.74 Å². The second kappa shape index (κ2) is 5.61. The third-order valence-electron chi connectivity index (χ3n) is 2.93. The highest BCUT2D eigenvalue weighted by Gasteiger charge is 2.27. The first-order valence-corrected chi connectivity index (χ1v) is 5.60. The summed E-state index contributed by atoms with van der Waals surface area (Å²) in [6, 6.07) is 0. The van der Waals surface area contributed by atoms with Gasteiger partial charge in [0.15, 0.2) is 0 Å². The van der Waals surface area contributed by atoms with Gasteiger partial charge in [0.25, 0.3) is 0 Å². The van der Waals surface area contributed by atoms with Gasteiger partial charge in [-0.05, 0) is 39.7 Å². The molecule has 0 atom stereocenters. The topological polar surface area (TPSA) is 21.3 Å². The van der Waals surface area contributed by atoms with Gasteiger partial charge in [0.05, 0.1) is 0 Å². The fraction of sp³-hybridized carbons (Fsp3) is 1.00. The molecule has 0 bridgehead atoms. The van der Waals surface area contributed by atoms with Gasteiger partial charge in [0, 0.05) is 18.8 Å². The molecule has 0 aromatic heterocycles. The Balaban J connectivity index is 1.98. The summed E-state index contributed by atoms with van der Waals surface area (Å²) in [5, 5.41) is 3.64. The van der Waals surface area contributed by atoms with Gasteiger partial charge in [-0.3, -0.25) is 0 Å². The Labute approximate surface area is 82.0 Å². The predicted octanol–water partition coefficient (Wildman–Crippen LogP) is 2.34. The molecule has 0 spiro atoms. The first-order chi connectivity index (χ1) is 6.27. The van der Waals surface area contributed by atoms with E-state index in [-0.39, 0.29) is 0 Å². The van der Waals surface area contributed by atoms with Crippen LogP contribution in [-0.4, -0.2) is 25.3 Å². The summed E-state index contributed by atoms with van der Waals surface area (Å²) >= 11 is 0. The Morgan fingerprint density at radius 1 is 1.31 bits per heavy atom. The number of hydrogen-bond acceptors (Lipinski definition) is 2. The average molecular weight is 185 g/mol. The van der Waals surface area contributed by atoms with Crippen LogP contribution in [0.25, 0.3) is 0 Å². The second-order valence-electron chi connectivity index (χ2n) is 4.25. The van der Waals surface area contributed by atoms with Crippen LogP contribution in [0, 0.1) is 0 Å². The van der Waals surface area contributed by atoms with Gasteiger partial charge in [-0.2, -0.15) is 0 Å². The summed E-state index contributed by atoms with van der Waals surface area (Å²) < 4.78 is 5.29. The number of rotatable bonds is 6. The van der Waals surface area contributed by atoms with E-state index >= 15 is 0 Å². The van der Waals surface area contributed by atoms with E-state index in [1.165, 1.54) is 25.7 Å². The van der Waals surface area contributed by atoms with E-state index in [0.29, 0.717) is 5.54 Å². The van der Waals surface area contributed by atoms with Crippen LogP contribution < -0.4 is 5.32 Å². The number of hydrogen-bond donors (Lipinski definition) is 1. The highest BCUT2D eigenvalue weighted by Crippen LogP contribution is 2.28. The van der Waals surface area contributed by atoms with Crippen molar-refractivity contribution in [3.8, 4) is 0 Å². The van der Waals surface area contributed by atoms with Crippen molar-refractivity contribution >= 4 is 0 Å². The normalized spacial score (nSPS) is 20.8. The van der Waals surface area contributed by atoms with Gasteiger partial charge in [0.1, 0.15) is 0 Å². The van der Waals surface area contributed by atoms with Crippen LogP contribution in [0.15, 0.2) is 0 Å². The highest BCUT2D eigenvalue weighted by molar-refractivity contribution is 4.87. The molecule has 0 unspecified atom stereocenters. The average Bonchev–Trinajstić information content (AvgIpc) is 2.53. The predicted molar refractivity (Wildman–Crippen MR) is 56.0 cm³/mol. The molecule has 0 saturated heterocycles. The monoisotopic (exact) mass is 185 g/mol. The van der Waals surface area contributed by atoms with Gasteiger partial charge in [-0.1, -0.05) is 12.8 Å². The zero-order chi connectivity index (χ0) is 9.57. The maximum absolute atomic E-state index is 5.29. The van der Waals surface area contributed by atoms with E-state index < -0.39 is 0 Å². The molecule has 0 radical (unpaired) electrons. The largest absolute Gasteiger partial charge is 0.382 e. The van der Waals surface area contributed by atoms with Crippen molar-refractivity contribution in [2.75, 3.05) is 19.8 Å². The summed E-state index contributed by atoms with van der Waals surface area (Å²) in [6.45, 7) is 7.25. The molecule has 78 valence electrons. The van der Waals surface area contributed by atoms with E-state index in [4.69, 9.17) is 4.74 Å². The Hall–Kier alpha value is -0.0800.